The first kappa shape index (κ1) is 32.6. The molecule has 15 heteroatoms. The lowest BCUT2D eigenvalue weighted by atomic mass is 9.97. The first-order valence-corrected chi connectivity index (χ1v) is 15.5. The van der Waals surface area contributed by atoms with Crippen LogP contribution in [0.3, 0.4) is 0 Å². The van der Waals surface area contributed by atoms with Gasteiger partial charge in [-0.05, 0) is 70.5 Å². The molecule has 4 saturated heterocycles. The van der Waals surface area contributed by atoms with E-state index in [1.54, 1.807) is 45.9 Å². The quantitative estimate of drug-likeness (QED) is 0.384. The number of rotatable bonds is 7. The molecule has 4 atom stereocenters. The van der Waals surface area contributed by atoms with Crippen molar-refractivity contribution in [2.24, 2.45) is 0 Å². The molecule has 2 aromatic carbocycles. The van der Waals surface area contributed by atoms with Crippen molar-refractivity contribution in [3.8, 4) is 11.4 Å². The van der Waals surface area contributed by atoms with E-state index in [0.29, 0.717) is 43.5 Å². The predicted molar refractivity (Wildman–Crippen MR) is 167 cm³/mol. The molecule has 4 aliphatic heterocycles. The van der Waals surface area contributed by atoms with E-state index in [4.69, 9.17) is 9.47 Å². The van der Waals surface area contributed by atoms with Crippen LogP contribution in [0.25, 0.3) is 16.6 Å². The molecule has 0 aliphatic carbocycles. The Bertz CT molecular complexity index is 1720. The van der Waals surface area contributed by atoms with Gasteiger partial charge in [0.05, 0.1) is 46.6 Å². The molecule has 7 rings (SSSR count). The molecule has 4 fully saturated rings. The van der Waals surface area contributed by atoms with Crippen molar-refractivity contribution in [1.82, 2.24) is 19.8 Å². The highest BCUT2D eigenvalue weighted by Crippen LogP contribution is 2.34. The fraction of sp³-hybridized carbons (Fsp3) is 0.500. The number of piperidine rings is 1. The van der Waals surface area contributed by atoms with Crippen LogP contribution in [0.4, 0.5) is 29.3 Å². The second-order valence-corrected chi connectivity index (χ2v) is 13.2. The molecule has 0 saturated carbocycles. The fourth-order valence-electron chi connectivity index (χ4n) is 6.16. The SMILES string of the molecule is CC(C(=O)Nc1cc(-n2cnc3cc(N4CC[C@H](NC(=O)OC(C)(C)C)C4)ccc3c2=O)ccc1OC(F)(F)F)N1CC2CC(C1)O2. The Morgan fingerprint density at radius 3 is 2.43 bits per heavy atom. The van der Waals surface area contributed by atoms with Gasteiger partial charge in [-0.3, -0.25) is 19.1 Å². The lowest BCUT2D eigenvalue weighted by Crippen LogP contribution is -2.61. The maximum atomic E-state index is 13.6. The predicted octanol–water partition coefficient (Wildman–Crippen LogP) is 4.19. The number of ether oxygens (including phenoxy) is 3. The first-order valence-electron chi connectivity index (χ1n) is 15.5. The molecular formula is C32H37F3N6O6. The van der Waals surface area contributed by atoms with Gasteiger partial charge < -0.3 is 29.7 Å². The summed E-state index contributed by atoms with van der Waals surface area (Å²) in [7, 11) is 0. The van der Waals surface area contributed by atoms with Crippen LogP contribution in [0, 0.1) is 0 Å². The molecule has 2 amide bonds. The topological polar surface area (TPSA) is 127 Å². The van der Waals surface area contributed by atoms with Crippen LogP contribution in [0.2, 0.25) is 0 Å². The average Bonchev–Trinajstić information content (AvgIpc) is 3.44. The molecule has 1 aromatic heterocycles. The zero-order valence-corrected chi connectivity index (χ0v) is 26.5. The molecule has 3 aromatic rings. The number of alkyl halides is 3. The second kappa shape index (κ2) is 12.3. The van der Waals surface area contributed by atoms with E-state index >= 15 is 0 Å². The van der Waals surface area contributed by atoms with Crippen LogP contribution in [-0.2, 0) is 14.3 Å². The Labute approximate surface area is 268 Å². The second-order valence-electron chi connectivity index (χ2n) is 13.2. The number of carbonyl (C=O) groups is 2. The highest BCUT2D eigenvalue weighted by molar-refractivity contribution is 5.96. The molecule has 2 N–H and O–H groups in total. The number of aromatic nitrogens is 2. The van der Waals surface area contributed by atoms with E-state index in [2.05, 4.69) is 25.3 Å². The summed E-state index contributed by atoms with van der Waals surface area (Å²) in [4.78, 5) is 47.4. The van der Waals surface area contributed by atoms with Crippen LogP contribution in [-0.4, -0.2) is 88.9 Å². The van der Waals surface area contributed by atoms with Crippen LogP contribution in [0.15, 0.2) is 47.5 Å². The van der Waals surface area contributed by atoms with Crippen molar-refractivity contribution in [3.63, 3.8) is 0 Å². The van der Waals surface area contributed by atoms with Gasteiger partial charge in [0.15, 0.2) is 5.75 Å². The molecule has 0 spiro atoms. The summed E-state index contributed by atoms with van der Waals surface area (Å²) >= 11 is 0. The van der Waals surface area contributed by atoms with Gasteiger partial charge in [-0.15, -0.1) is 13.2 Å². The number of hydrogen-bond donors (Lipinski definition) is 2. The van der Waals surface area contributed by atoms with Crippen molar-refractivity contribution in [2.75, 3.05) is 36.4 Å². The number of anilines is 2. The smallest absolute Gasteiger partial charge is 0.444 e. The van der Waals surface area contributed by atoms with E-state index in [1.807, 2.05) is 4.90 Å². The standard InChI is InChI=1S/C32H37F3N6O6/c1-18(40-15-22-13-23(16-40)45-22)28(42)38-26-12-21(6-8-27(26)46-32(33,34)35)41-17-36-25-11-20(5-7-24(25)29(41)43)39-10-9-19(14-39)37-30(44)47-31(2,3)4/h5-8,11-12,17-19,22-23H,9-10,13-16H2,1-4H3,(H,37,44)(H,38,42)/t18?,19-,22?,23?/m0/s1. The number of halogens is 3. The molecule has 3 unspecified atom stereocenters. The number of benzene rings is 2. The van der Waals surface area contributed by atoms with Gasteiger partial charge in [0.25, 0.3) is 5.56 Å². The van der Waals surface area contributed by atoms with E-state index in [0.717, 1.165) is 18.2 Å². The minimum Gasteiger partial charge on any atom is -0.444 e. The van der Waals surface area contributed by atoms with Crippen LogP contribution in [0.5, 0.6) is 5.75 Å². The Hall–Kier alpha value is -4.37. The van der Waals surface area contributed by atoms with Crippen LogP contribution < -0.4 is 25.8 Å². The number of fused-ring (bicyclic) bond motifs is 3. The molecule has 12 nitrogen and oxygen atoms in total. The maximum absolute atomic E-state index is 13.6. The van der Waals surface area contributed by atoms with E-state index in [9.17, 15) is 27.6 Å². The fourth-order valence-corrected chi connectivity index (χ4v) is 6.16. The number of amides is 2. The van der Waals surface area contributed by atoms with Gasteiger partial charge in [-0.2, -0.15) is 0 Å². The summed E-state index contributed by atoms with van der Waals surface area (Å²) in [5.41, 5.74) is 0.150. The normalized spacial score (nSPS) is 22.0. The summed E-state index contributed by atoms with van der Waals surface area (Å²) in [6, 6.07) is 8.07. The number of morpholine rings is 1. The number of alkyl carbamates (subject to hydrolysis) is 1. The minimum atomic E-state index is -5.00. The van der Waals surface area contributed by atoms with Crippen LogP contribution in [0.1, 0.15) is 40.5 Å². The molecular weight excluding hydrogens is 621 g/mol. The Morgan fingerprint density at radius 1 is 1.04 bits per heavy atom. The van der Waals surface area contributed by atoms with Gasteiger partial charge in [0, 0.05) is 38.3 Å². The van der Waals surface area contributed by atoms with Gasteiger partial charge in [-0.25, -0.2) is 9.78 Å². The molecule has 252 valence electrons. The Balaban J connectivity index is 1.21. The lowest BCUT2D eigenvalue weighted by molar-refractivity contribution is -0.274. The zero-order valence-electron chi connectivity index (χ0n) is 26.5. The van der Waals surface area contributed by atoms with E-state index in [1.165, 1.54) is 23.0 Å². The first-order chi connectivity index (χ1) is 22.1. The van der Waals surface area contributed by atoms with Crippen LogP contribution >= 0.6 is 0 Å². The van der Waals surface area contributed by atoms with Gasteiger partial charge in [0.1, 0.15) is 11.9 Å². The molecule has 0 radical (unpaired) electrons. The average molecular weight is 659 g/mol. The monoisotopic (exact) mass is 658 g/mol. The van der Waals surface area contributed by atoms with Gasteiger partial charge in [0.2, 0.25) is 5.91 Å². The Morgan fingerprint density at radius 2 is 1.74 bits per heavy atom. The number of hydrogen-bond acceptors (Lipinski definition) is 9. The summed E-state index contributed by atoms with van der Waals surface area (Å²) in [5.74, 6) is -1.12. The summed E-state index contributed by atoms with van der Waals surface area (Å²) in [6.07, 6.45) is -2.45. The van der Waals surface area contributed by atoms with Crippen molar-refractivity contribution < 1.29 is 37.0 Å². The number of nitrogens with zero attached hydrogens (tertiary/aromatic N) is 4. The highest BCUT2D eigenvalue weighted by atomic mass is 19.4. The molecule has 4 aliphatic rings. The number of nitrogens with one attached hydrogen (secondary N) is 2. The van der Waals surface area contributed by atoms with Crippen molar-refractivity contribution >= 4 is 34.3 Å². The summed E-state index contributed by atoms with van der Waals surface area (Å²) < 4.78 is 56.1. The van der Waals surface area contributed by atoms with Gasteiger partial charge in [-0.1, -0.05) is 0 Å². The minimum absolute atomic E-state index is 0.0493. The third kappa shape index (κ3) is 7.46. The largest absolute Gasteiger partial charge is 0.573 e. The lowest BCUT2D eigenvalue weighted by Gasteiger charge is -2.48. The zero-order chi connectivity index (χ0) is 33.7. The van der Waals surface area contributed by atoms with E-state index in [-0.39, 0.29) is 29.6 Å². The summed E-state index contributed by atoms with van der Waals surface area (Å²) in [6.45, 7) is 9.41. The highest BCUT2D eigenvalue weighted by Gasteiger charge is 2.41. The van der Waals surface area contributed by atoms with Crippen molar-refractivity contribution in [2.45, 2.75) is 76.8 Å². The van der Waals surface area contributed by atoms with Crippen molar-refractivity contribution in [1.29, 1.82) is 0 Å². The van der Waals surface area contributed by atoms with Gasteiger partial charge >= 0.3 is 12.5 Å². The number of carbonyl (C=O) groups excluding carboxylic acids is 2. The molecule has 5 heterocycles. The summed E-state index contributed by atoms with van der Waals surface area (Å²) in [5, 5.41) is 5.75. The molecule has 47 heavy (non-hydrogen) atoms. The molecule has 2 bridgehead atoms. The third-order valence-corrected chi connectivity index (χ3v) is 8.46. The third-order valence-electron chi connectivity index (χ3n) is 8.46. The Kier molecular flexibility index (Phi) is 8.55. The van der Waals surface area contributed by atoms with Crippen molar-refractivity contribution in [3.05, 3.63) is 53.1 Å². The van der Waals surface area contributed by atoms with E-state index < -0.39 is 41.3 Å². The maximum Gasteiger partial charge on any atom is 0.573 e.